The molecule has 0 radical (unpaired) electrons. The molecule has 0 saturated heterocycles. The molecule has 3 rings (SSSR count). The topological polar surface area (TPSA) is 50.6 Å². The van der Waals surface area contributed by atoms with Crippen LogP contribution in [0.2, 0.25) is 0 Å². The van der Waals surface area contributed by atoms with Crippen molar-refractivity contribution in [1.82, 2.24) is 19.4 Å². The molecule has 1 aromatic heterocycles. The van der Waals surface area contributed by atoms with Gasteiger partial charge in [-0.1, -0.05) is 85.2 Å². The first kappa shape index (κ1) is 38.5. The van der Waals surface area contributed by atoms with Gasteiger partial charge in [0.25, 0.3) is 0 Å². The number of aryl methyl sites for hydroxylation is 1. The van der Waals surface area contributed by atoms with Crippen LogP contribution >= 0.6 is 0 Å². The molecule has 2 aromatic carbocycles. The van der Waals surface area contributed by atoms with Gasteiger partial charge in [-0.05, 0) is 88.4 Å². The van der Waals surface area contributed by atoms with Crippen molar-refractivity contribution in [3.63, 3.8) is 0 Å². The van der Waals surface area contributed by atoms with Crippen molar-refractivity contribution in [3.05, 3.63) is 53.6 Å². The van der Waals surface area contributed by atoms with E-state index in [1.54, 1.807) is 14.2 Å². The normalized spacial score (nSPS) is 11.2. The van der Waals surface area contributed by atoms with Crippen LogP contribution in [0.5, 0.6) is 0 Å². The van der Waals surface area contributed by atoms with Crippen LogP contribution in [0, 0.1) is 11.8 Å². The molecule has 3 aromatic rings. The van der Waals surface area contributed by atoms with E-state index in [0.717, 1.165) is 68.9 Å². The number of hydrogen-bond donors (Lipinski definition) is 0. The molecule has 0 unspecified atom stereocenters. The van der Waals surface area contributed by atoms with E-state index in [1.165, 1.54) is 36.8 Å². The van der Waals surface area contributed by atoms with Crippen molar-refractivity contribution >= 4 is 17.3 Å². The molecule has 0 atom stereocenters. The molecule has 0 spiro atoms. The first-order valence-corrected chi connectivity index (χ1v) is 16.6. The fourth-order valence-electron chi connectivity index (χ4n) is 4.87. The number of hydrogen-bond acceptors (Lipinski definition) is 5. The third-order valence-corrected chi connectivity index (χ3v) is 7.38. The third kappa shape index (κ3) is 14.2. The van der Waals surface area contributed by atoms with E-state index in [-0.39, 0.29) is 0 Å². The number of rotatable bonds is 17. The van der Waals surface area contributed by atoms with Gasteiger partial charge in [-0.15, -0.1) is 0 Å². The van der Waals surface area contributed by atoms with E-state index < -0.39 is 0 Å². The van der Waals surface area contributed by atoms with Gasteiger partial charge in [0.2, 0.25) is 0 Å². The molecule has 6 nitrogen and oxygen atoms in total. The number of methoxy groups -OCH3 is 1. The molecule has 1 heterocycles. The van der Waals surface area contributed by atoms with Crippen LogP contribution < -0.4 is 0 Å². The Morgan fingerprint density at radius 1 is 0.884 bits per heavy atom. The standard InChI is InChI=1S/C33H50N4O.C2H6O.C2H6/c1-7-8-18-35(6)19-9-20-37-32-23-29(24-36(21-16-26(2)3)22-17-27(4)5)12-15-31(32)34-33(37)30-13-10-28(25-38)11-14-30;1-3-2;1-2/h10-15,23,25-27H,7-9,16-22,24H2,1-6H3;1-2H3;1-2H3. The highest BCUT2D eigenvalue weighted by Gasteiger charge is 2.15. The van der Waals surface area contributed by atoms with Crippen LogP contribution in [0.1, 0.15) is 96.5 Å². The fourth-order valence-corrected chi connectivity index (χ4v) is 4.87. The fraction of sp³-hybridized carbons (Fsp3) is 0.622. The van der Waals surface area contributed by atoms with Gasteiger partial charge in [0.1, 0.15) is 12.1 Å². The maximum Gasteiger partial charge on any atom is 0.150 e. The lowest BCUT2D eigenvalue weighted by Gasteiger charge is -2.24. The molecule has 0 aliphatic heterocycles. The van der Waals surface area contributed by atoms with Gasteiger partial charge in [0, 0.05) is 38.4 Å². The predicted molar refractivity (Wildman–Crippen MR) is 186 cm³/mol. The van der Waals surface area contributed by atoms with Gasteiger partial charge in [-0.25, -0.2) is 4.98 Å². The highest BCUT2D eigenvalue weighted by molar-refractivity contribution is 5.82. The van der Waals surface area contributed by atoms with E-state index in [9.17, 15) is 4.79 Å². The predicted octanol–water partition coefficient (Wildman–Crippen LogP) is 8.82. The Hall–Kier alpha value is -2.54. The summed E-state index contributed by atoms with van der Waals surface area (Å²) in [5, 5.41) is 0. The second-order valence-corrected chi connectivity index (χ2v) is 12.2. The van der Waals surface area contributed by atoms with E-state index >= 15 is 0 Å². The van der Waals surface area contributed by atoms with Gasteiger partial charge >= 0.3 is 0 Å². The van der Waals surface area contributed by atoms with Crippen LogP contribution in [-0.2, 0) is 17.8 Å². The Balaban J connectivity index is 0.00000174. The lowest BCUT2D eigenvalue weighted by molar-refractivity contribution is 0.112. The minimum atomic E-state index is 0.694. The Morgan fingerprint density at radius 2 is 1.47 bits per heavy atom. The molecule has 242 valence electrons. The number of unbranched alkanes of at least 4 members (excludes halogenated alkanes) is 1. The van der Waals surface area contributed by atoms with Crippen LogP contribution in [-0.4, -0.2) is 73.1 Å². The zero-order valence-electron chi connectivity index (χ0n) is 29.2. The maximum absolute atomic E-state index is 11.2. The number of nitrogens with zero attached hydrogens (tertiary/aromatic N) is 4. The zero-order valence-corrected chi connectivity index (χ0v) is 29.2. The highest BCUT2D eigenvalue weighted by Crippen LogP contribution is 2.27. The summed E-state index contributed by atoms with van der Waals surface area (Å²) >= 11 is 0. The quantitative estimate of drug-likeness (QED) is 0.146. The minimum Gasteiger partial charge on any atom is -0.388 e. The average Bonchev–Trinajstić information content (AvgIpc) is 3.36. The summed E-state index contributed by atoms with van der Waals surface area (Å²) in [7, 11) is 5.47. The summed E-state index contributed by atoms with van der Waals surface area (Å²) < 4.78 is 6.65. The molecule has 6 heteroatoms. The van der Waals surface area contributed by atoms with Crippen LogP contribution in [0.3, 0.4) is 0 Å². The Morgan fingerprint density at radius 3 is 2.00 bits per heavy atom. The van der Waals surface area contributed by atoms with Crippen molar-refractivity contribution in [2.24, 2.45) is 11.8 Å². The molecule has 0 fully saturated rings. The number of aromatic nitrogens is 2. The number of aldehydes is 1. The highest BCUT2D eigenvalue weighted by atomic mass is 16.4. The van der Waals surface area contributed by atoms with Gasteiger partial charge in [-0.2, -0.15) is 0 Å². The molecule has 0 saturated carbocycles. The van der Waals surface area contributed by atoms with Crippen molar-refractivity contribution in [3.8, 4) is 11.4 Å². The largest absolute Gasteiger partial charge is 0.388 e. The van der Waals surface area contributed by atoms with E-state index in [2.05, 4.69) is 79.0 Å². The number of imidazole rings is 1. The van der Waals surface area contributed by atoms with Gasteiger partial charge in [-0.3, -0.25) is 9.69 Å². The SMILES string of the molecule is CC.CCCCN(C)CCCn1c(-c2ccc(C=O)cc2)nc2ccc(CN(CCC(C)C)CCC(C)C)cc21.COC. The van der Waals surface area contributed by atoms with Crippen molar-refractivity contribution < 1.29 is 9.53 Å². The second kappa shape index (κ2) is 22.0. The third-order valence-electron chi connectivity index (χ3n) is 7.38. The summed E-state index contributed by atoms with van der Waals surface area (Å²) in [5.74, 6) is 2.41. The number of ether oxygens (including phenoxy) is 1. The Labute approximate surface area is 263 Å². The van der Waals surface area contributed by atoms with Gasteiger partial charge in [0.15, 0.2) is 0 Å². The summed E-state index contributed by atoms with van der Waals surface area (Å²) in [6.07, 6.45) is 6.90. The summed E-state index contributed by atoms with van der Waals surface area (Å²) in [6.45, 7) is 21.9. The molecule has 0 aliphatic rings. The van der Waals surface area contributed by atoms with E-state index in [4.69, 9.17) is 4.98 Å². The molecule has 0 bridgehead atoms. The first-order valence-electron chi connectivity index (χ1n) is 16.6. The minimum absolute atomic E-state index is 0.694. The monoisotopic (exact) mass is 594 g/mol. The smallest absolute Gasteiger partial charge is 0.150 e. The van der Waals surface area contributed by atoms with Crippen molar-refractivity contribution in [2.75, 3.05) is 47.4 Å². The lowest BCUT2D eigenvalue weighted by atomic mass is 10.1. The van der Waals surface area contributed by atoms with Gasteiger partial charge < -0.3 is 14.2 Å². The van der Waals surface area contributed by atoms with Crippen LogP contribution in [0.4, 0.5) is 0 Å². The maximum atomic E-state index is 11.2. The number of carbonyl (C=O) groups excluding carboxylic acids is 1. The Kier molecular flexibility index (Phi) is 19.7. The summed E-state index contributed by atoms with van der Waals surface area (Å²) in [6, 6.07) is 14.6. The molecule has 0 aliphatic carbocycles. The van der Waals surface area contributed by atoms with E-state index in [0.29, 0.717) is 17.4 Å². The lowest BCUT2D eigenvalue weighted by Crippen LogP contribution is -2.27. The zero-order chi connectivity index (χ0) is 32.2. The average molecular weight is 595 g/mol. The van der Waals surface area contributed by atoms with Gasteiger partial charge in [0.05, 0.1) is 11.0 Å². The van der Waals surface area contributed by atoms with E-state index in [1.807, 2.05) is 38.1 Å². The molecule has 0 N–H and O–H groups in total. The molecular weight excluding hydrogens is 532 g/mol. The summed E-state index contributed by atoms with van der Waals surface area (Å²) in [4.78, 5) is 21.3. The second-order valence-electron chi connectivity index (χ2n) is 12.2. The number of benzene rings is 2. The molecule has 43 heavy (non-hydrogen) atoms. The molecular formula is C37H62N4O2. The van der Waals surface area contributed by atoms with Crippen molar-refractivity contribution in [2.45, 2.75) is 93.7 Å². The van der Waals surface area contributed by atoms with Crippen LogP contribution in [0.15, 0.2) is 42.5 Å². The number of fused-ring (bicyclic) bond motifs is 1. The first-order chi connectivity index (χ1) is 20.7. The molecule has 0 amide bonds. The summed E-state index contributed by atoms with van der Waals surface area (Å²) in [5.41, 5.74) is 5.36. The number of carbonyl (C=O) groups is 1. The van der Waals surface area contributed by atoms with Crippen LogP contribution in [0.25, 0.3) is 22.4 Å². The Bertz CT molecular complexity index is 1130. The van der Waals surface area contributed by atoms with Crippen molar-refractivity contribution in [1.29, 1.82) is 0 Å².